The number of nitrogens with one attached hydrogen (secondary N) is 1. The van der Waals surface area contributed by atoms with E-state index in [4.69, 9.17) is 15.9 Å². The van der Waals surface area contributed by atoms with Gasteiger partial charge >= 0.3 is 71.1 Å². The first kappa shape index (κ1) is 19.4. The minimum absolute atomic E-state index is 0. The van der Waals surface area contributed by atoms with Crippen LogP contribution in [-0.4, -0.2) is 41.3 Å². The van der Waals surface area contributed by atoms with E-state index < -0.39 is 18.0 Å². The van der Waals surface area contributed by atoms with E-state index in [1.165, 1.54) is 0 Å². The second-order valence-electron chi connectivity index (χ2n) is 1.85. The van der Waals surface area contributed by atoms with E-state index >= 15 is 0 Å². The molecule has 0 amide bonds. The fourth-order valence-electron chi connectivity index (χ4n) is 0.508. The van der Waals surface area contributed by atoms with E-state index in [1.807, 2.05) is 0 Å². The molecule has 0 aromatic rings. The molecule has 0 aliphatic rings. The Hall–Kier alpha value is 0.860. The van der Waals surface area contributed by atoms with Crippen molar-refractivity contribution in [2.24, 2.45) is 5.73 Å². The molecular weight excluding hydrogens is 198 g/mol. The zero-order chi connectivity index (χ0) is 8.85. The van der Waals surface area contributed by atoms with Crippen LogP contribution in [0.15, 0.2) is 0 Å². The van der Waals surface area contributed by atoms with E-state index in [1.54, 1.807) is 0 Å². The quantitative estimate of drug-likeness (QED) is 0.265. The van der Waals surface area contributed by atoms with Crippen molar-refractivity contribution in [3.63, 3.8) is 0 Å². The van der Waals surface area contributed by atoms with Crippen molar-refractivity contribution in [2.45, 2.75) is 6.04 Å². The minimum atomic E-state index is -1.56. The van der Waals surface area contributed by atoms with Crippen molar-refractivity contribution in [3.05, 3.63) is 0 Å². The van der Waals surface area contributed by atoms with Gasteiger partial charge in [-0.05, 0) is 0 Å². The van der Waals surface area contributed by atoms with Gasteiger partial charge in [0.25, 0.3) is 0 Å². The second kappa shape index (κ2) is 10.9. The summed E-state index contributed by atoms with van der Waals surface area (Å²) < 4.78 is 0. The standard InChI is InChI=1S/C5H10N2O4.2Na.2H/c6-1-2-7-3(4(8)9)5(10)11;;;;/h3,7H,1-2,6H2,(H,8,9)(H,10,11);;;;/q;2*+1;2*-1. The monoisotopic (exact) mass is 210 g/mol. The summed E-state index contributed by atoms with van der Waals surface area (Å²) in [6, 6.07) is -1.56. The van der Waals surface area contributed by atoms with Gasteiger partial charge in [0.05, 0.1) is 0 Å². The van der Waals surface area contributed by atoms with Gasteiger partial charge in [0.1, 0.15) is 0 Å². The number of aliphatic carboxylic acids is 2. The number of carboxylic acid groups (broad SMARTS) is 2. The molecular formula is C5H12N2Na2O4. The SMILES string of the molecule is NCCNC(C(=O)O)C(=O)O.[H-].[H-].[Na+].[Na+]. The summed E-state index contributed by atoms with van der Waals surface area (Å²) in [4.78, 5) is 20.3. The van der Waals surface area contributed by atoms with Crippen LogP contribution < -0.4 is 70.2 Å². The Morgan fingerprint density at radius 3 is 1.92 bits per heavy atom. The van der Waals surface area contributed by atoms with Gasteiger partial charge in [0.15, 0.2) is 0 Å². The Kier molecular flexibility index (Phi) is 16.4. The van der Waals surface area contributed by atoms with Crippen LogP contribution in [0.5, 0.6) is 0 Å². The largest absolute Gasteiger partial charge is 1.00 e. The molecule has 0 spiro atoms. The van der Waals surface area contributed by atoms with Gasteiger partial charge in [0, 0.05) is 13.1 Å². The van der Waals surface area contributed by atoms with Gasteiger partial charge in [-0.15, -0.1) is 0 Å². The van der Waals surface area contributed by atoms with Gasteiger partial charge in [-0.3, -0.25) is 5.32 Å². The molecule has 0 aliphatic carbocycles. The number of rotatable bonds is 5. The predicted octanol–water partition coefficient (Wildman–Crippen LogP) is -7.69. The summed E-state index contributed by atoms with van der Waals surface area (Å²) >= 11 is 0. The topological polar surface area (TPSA) is 113 Å². The number of hydrogen-bond donors (Lipinski definition) is 4. The number of carboxylic acids is 2. The molecule has 0 aromatic heterocycles. The molecule has 0 saturated heterocycles. The molecule has 0 rings (SSSR count). The molecule has 0 saturated carbocycles. The molecule has 0 heterocycles. The van der Waals surface area contributed by atoms with Crippen molar-refractivity contribution in [1.82, 2.24) is 5.32 Å². The molecule has 0 radical (unpaired) electrons. The average molecular weight is 210 g/mol. The molecule has 0 aliphatic heterocycles. The maximum Gasteiger partial charge on any atom is 1.00 e. The van der Waals surface area contributed by atoms with Crippen LogP contribution in [0.3, 0.4) is 0 Å². The van der Waals surface area contributed by atoms with Crippen molar-refractivity contribution in [3.8, 4) is 0 Å². The van der Waals surface area contributed by atoms with Gasteiger partial charge < -0.3 is 18.8 Å². The minimum Gasteiger partial charge on any atom is -1.00 e. The fourth-order valence-corrected chi connectivity index (χ4v) is 0.508. The van der Waals surface area contributed by atoms with E-state index in [-0.39, 0.29) is 75.1 Å². The smallest absolute Gasteiger partial charge is 1.00 e. The van der Waals surface area contributed by atoms with E-state index in [2.05, 4.69) is 5.32 Å². The van der Waals surface area contributed by atoms with Crippen molar-refractivity contribution in [1.29, 1.82) is 0 Å². The summed E-state index contributed by atoms with van der Waals surface area (Å²) in [7, 11) is 0. The van der Waals surface area contributed by atoms with Crippen molar-refractivity contribution in [2.75, 3.05) is 13.1 Å². The predicted molar refractivity (Wildman–Crippen MR) is 38.3 cm³/mol. The van der Waals surface area contributed by atoms with Gasteiger partial charge in [-0.1, -0.05) is 0 Å². The zero-order valence-electron chi connectivity index (χ0n) is 9.78. The Morgan fingerprint density at radius 2 is 1.69 bits per heavy atom. The molecule has 5 N–H and O–H groups in total. The first-order valence-electron chi connectivity index (χ1n) is 2.98. The molecule has 6 nitrogen and oxygen atoms in total. The Bertz CT molecular complexity index is 161. The van der Waals surface area contributed by atoms with Crippen LogP contribution in [0.1, 0.15) is 2.85 Å². The molecule has 0 aromatic carbocycles. The summed E-state index contributed by atoms with van der Waals surface area (Å²) in [5.74, 6) is -2.82. The molecule has 68 valence electrons. The van der Waals surface area contributed by atoms with Crippen LogP contribution in [-0.2, 0) is 9.59 Å². The Labute approximate surface area is 123 Å². The van der Waals surface area contributed by atoms with Crippen LogP contribution >= 0.6 is 0 Å². The normalized spacial score (nSPS) is 8.46. The van der Waals surface area contributed by atoms with Crippen LogP contribution in [0, 0.1) is 0 Å². The third-order valence-corrected chi connectivity index (χ3v) is 0.987. The third-order valence-electron chi connectivity index (χ3n) is 0.987. The second-order valence-corrected chi connectivity index (χ2v) is 1.85. The number of carbonyl (C=O) groups is 2. The molecule has 0 atom stereocenters. The van der Waals surface area contributed by atoms with Crippen LogP contribution in [0.25, 0.3) is 0 Å². The van der Waals surface area contributed by atoms with Gasteiger partial charge in [0.2, 0.25) is 6.04 Å². The molecule has 0 bridgehead atoms. The van der Waals surface area contributed by atoms with Crippen LogP contribution in [0.2, 0.25) is 0 Å². The Balaban J connectivity index is -0.0000000833. The van der Waals surface area contributed by atoms with E-state index in [0.29, 0.717) is 0 Å². The molecule has 13 heavy (non-hydrogen) atoms. The average Bonchev–Trinajstić information content (AvgIpc) is 1.87. The summed E-state index contributed by atoms with van der Waals surface area (Å²) in [5, 5.41) is 18.8. The van der Waals surface area contributed by atoms with Crippen LogP contribution in [0.4, 0.5) is 0 Å². The van der Waals surface area contributed by atoms with E-state index in [9.17, 15) is 9.59 Å². The molecule has 8 heteroatoms. The molecule has 0 unspecified atom stereocenters. The number of hydrogen-bond acceptors (Lipinski definition) is 4. The van der Waals surface area contributed by atoms with Crippen molar-refractivity contribution < 1.29 is 81.8 Å². The first-order valence-corrected chi connectivity index (χ1v) is 2.98. The zero-order valence-corrected chi connectivity index (χ0v) is 11.8. The first-order chi connectivity index (χ1) is 5.09. The van der Waals surface area contributed by atoms with Crippen molar-refractivity contribution >= 4 is 11.9 Å². The maximum absolute atomic E-state index is 10.2. The number of nitrogens with two attached hydrogens (primary N) is 1. The third kappa shape index (κ3) is 9.17. The molecule has 0 fully saturated rings. The summed E-state index contributed by atoms with van der Waals surface area (Å²) in [6.45, 7) is 0.375. The summed E-state index contributed by atoms with van der Waals surface area (Å²) in [5.41, 5.74) is 5.03. The fraction of sp³-hybridized carbons (Fsp3) is 0.600. The summed E-state index contributed by atoms with van der Waals surface area (Å²) in [6.07, 6.45) is 0. The van der Waals surface area contributed by atoms with Gasteiger partial charge in [-0.2, -0.15) is 0 Å². The van der Waals surface area contributed by atoms with E-state index in [0.717, 1.165) is 0 Å². The van der Waals surface area contributed by atoms with Gasteiger partial charge in [-0.25, -0.2) is 9.59 Å². The maximum atomic E-state index is 10.2. The Morgan fingerprint density at radius 1 is 1.31 bits per heavy atom.